The van der Waals surface area contributed by atoms with Crippen molar-refractivity contribution in [2.24, 2.45) is 5.92 Å². The molecule has 1 aliphatic heterocycles. The second-order valence-electron chi connectivity index (χ2n) is 13.2. The maximum atomic E-state index is 13.8. The van der Waals surface area contributed by atoms with Crippen molar-refractivity contribution in [2.45, 2.75) is 76.4 Å². The standard InChI is InChI=1S/C35H45N5O5/c1-35(2,3)38-34(44)30-22-39(20-25-12-9-15-36-19-25)23-45-40(30)21-28(41)17-27(16-24-10-5-4-6-11-24)33(43)37-32-29-14-8-7-13-26(29)18-31(32)42/h4-15,19,27-28,30-32,41-42H,16-18,20-23H2,1-3H3,(H,37,43)(H,38,44). The van der Waals surface area contributed by atoms with Crippen molar-refractivity contribution < 1.29 is 24.6 Å². The third-order valence-electron chi connectivity index (χ3n) is 8.26. The van der Waals surface area contributed by atoms with E-state index in [0.717, 1.165) is 22.3 Å². The highest BCUT2D eigenvalue weighted by atomic mass is 16.7. The highest BCUT2D eigenvalue weighted by molar-refractivity contribution is 5.82. The molecule has 2 amide bonds. The summed E-state index contributed by atoms with van der Waals surface area (Å²) in [6.45, 7) is 7.04. The lowest BCUT2D eigenvalue weighted by atomic mass is 9.92. The number of hydrogen-bond donors (Lipinski definition) is 4. The van der Waals surface area contributed by atoms with Gasteiger partial charge in [-0.1, -0.05) is 60.7 Å². The molecule has 1 aliphatic carbocycles. The van der Waals surface area contributed by atoms with Gasteiger partial charge in [-0.05, 0) is 61.9 Å². The van der Waals surface area contributed by atoms with Crippen molar-refractivity contribution in [3.63, 3.8) is 0 Å². The van der Waals surface area contributed by atoms with Crippen LogP contribution in [0.1, 0.15) is 55.5 Å². The fourth-order valence-corrected chi connectivity index (χ4v) is 6.15. The molecule has 0 bridgehead atoms. The van der Waals surface area contributed by atoms with E-state index >= 15 is 0 Å². The molecule has 0 saturated carbocycles. The van der Waals surface area contributed by atoms with Crippen LogP contribution in [0.5, 0.6) is 0 Å². The normalized spacial score (nSPS) is 21.9. The Balaban J connectivity index is 1.29. The molecule has 5 atom stereocenters. The summed E-state index contributed by atoms with van der Waals surface area (Å²) in [5.74, 6) is -1.00. The molecule has 1 fully saturated rings. The van der Waals surface area contributed by atoms with E-state index in [0.29, 0.717) is 25.9 Å². The third kappa shape index (κ3) is 8.96. The second-order valence-corrected chi connectivity index (χ2v) is 13.2. The van der Waals surface area contributed by atoms with Crippen molar-refractivity contribution in [1.82, 2.24) is 25.6 Å². The number of amides is 2. The number of rotatable bonds is 11. The summed E-state index contributed by atoms with van der Waals surface area (Å²) in [4.78, 5) is 39.5. The summed E-state index contributed by atoms with van der Waals surface area (Å²) >= 11 is 0. The monoisotopic (exact) mass is 615 g/mol. The summed E-state index contributed by atoms with van der Waals surface area (Å²) in [6, 6.07) is 20.1. The fraction of sp³-hybridized carbons (Fsp3) is 0.457. The summed E-state index contributed by atoms with van der Waals surface area (Å²) in [5, 5.41) is 29.9. The predicted octanol–water partition coefficient (Wildman–Crippen LogP) is 2.76. The first-order valence-corrected chi connectivity index (χ1v) is 15.7. The number of carbonyl (C=O) groups is 2. The van der Waals surface area contributed by atoms with Crippen molar-refractivity contribution in [2.75, 3.05) is 19.8 Å². The Bertz CT molecular complexity index is 1420. The van der Waals surface area contributed by atoms with E-state index in [-0.39, 0.29) is 31.5 Å². The fourth-order valence-electron chi connectivity index (χ4n) is 6.15. The zero-order valence-corrected chi connectivity index (χ0v) is 26.3. The van der Waals surface area contributed by atoms with Crippen LogP contribution in [0, 0.1) is 5.92 Å². The first-order valence-electron chi connectivity index (χ1n) is 15.7. The van der Waals surface area contributed by atoms with Gasteiger partial charge in [0.05, 0.1) is 24.8 Å². The van der Waals surface area contributed by atoms with E-state index in [1.54, 1.807) is 17.5 Å². The van der Waals surface area contributed by atoms with Crippen LogP contribution in [0.25, 0.3) is 0 Å². The molecule has 2 heterocycles. The predicted molar refractivity (Wildman–Crippen MR) is 170 cm³/mol. The number of aliphatic hydroxyl groups excluding tert-OH is 2. The molecule has 10 heteroatoms. The van der Waals surface area contributed by atoms with E-state index < -0.39 is 35.7 Å². The van der Waals surface area contributed by atoms with Gasteiger partial charge in [-0.2, -0.15) is 5.06 Å². The number of aliphatic hydroxyl groups is 2. The smallest absolute Gasteiger partial charge is 0.241 e. The average Bonchev–Trinajstić information content (AvgIpc) is 3.32. The molecule has 10 nitrogen and oxygen atoms in total. The molecule has 5 unspecified atom stereocenters. The Labute approximate surface area is 265 Å². The van der Waals surface area contributed by atoms with Gasteiger partial charge in [0.1, 0.15) is 12.8 Å². The molecule has 2 aliphatic rings. The SMILES string of the molecule is CC(C)(C)NC(=O)C1CN(Cc2cccnc2)CON1CC(O)CC(Cc1ccccc1)C(=O)NC1c2ccccc2CC1O. The quantitative estimate of drug-likeness (QED) is 0.260. The Morgan fingerprint density at radius 3 is 2.51 bits per heavy atom. The molecule has 0 spiro atoms. The Kier molecular flexibility index (Phi) is 10.6. The van der Waals surface area contributed by atoms with Crippen LogP contribution in [0.15, 0.2) is 79.1 Å². The van der Waals surface area contributed by atoms with Crippen LogP contribution in [-0.2, 0) is 33.8 Å². The van der Waals surface area contributed by atoms with Gasteiger partial charge in [0.15, 0.2) is 0 Å². The van der Waals surface area contributed by atoms with Crippen LogP contribution < -0.4 is 10.6 Å². The van der Waals surface area contributed by atoms with Gasteiger partial charge in [-0.25, -0.2) is 0 Å². The van der Waals surface area contributed by atoms with Gasteiger partial charge in [-0.3, -0.25) is 24.3 Å². The van der Waals surface area contributed by atoms with Gasteiger partial charge >= 0.3 is 0 Å². The zero-order chi connectivity index (χ0) is 32.0. The van der Waals surface area contributed by atoms with Crippen LogP contribution in [0.3, 0.4) is 0 Å². The highest BCUT2D eigenvalue weighted by Crippen LogP contribution is 2.32. The van der Waals surface area contributed by atoms with E-state index in [1.807, 2.05) is 92.4 Å². The maximum Gasteiger partial charge on any atom is 0.241 e. The molecule has 240 valence electrons. The molecule has 0 radical (unpaired) electrons. The van der Waals surface area contributed by atoms with Gasteiger partial charge in [-0.15, -0.1) is 0 Å². The first-order chi connectivity index (χ1) is 21.6. The van der Waals surface area contributed by atoms with E-state index in [1.165, 1.54) is 0 Å². The summed E-state index contributed by atoms with van der Waals surface area (Å²) in [7, 11) is 0. The van der Waals surface area contributed by atoms with E-state index in [4.69, 9.17) is 4.84 Å². The number of hydrogen-bond acceptors (Lipinski definition) is 8. The van der Waals surface area contributed by atoms with Crippen LogP contribution in [0.2, 0.25) is 0 Å². The van der Waals surface area contributed by atoms with Crippen molar-refractivity contribution >= 4 is 11.8 Å². The molecular formula is C35H45N5O5. The number of benzene rings is 2. The third-order valence-corrected chi connectivity index (χ3v) is 8.26. The lowest BCUT2D eigenvalue weighted by molar-refractivity contribution is -0.257. The van der Waals surface area contributed by atoms with E-state index in [2.05, 4.69) is 15.6 Å². The number of nitrogens with one attached hydrogen (secondary N) is 2. The van der Waals surface area contributed by atoms with Crippen molar-refractivity contribution in [1.29, 1.82) is 0 Å². The summed E-state index contributed by atoms with van der Waals surface area (Å²) in [5.41, 5.74) is 3.47. The Morgan fingerprint density at radius 1 is 1.04 bits per heavy atom. The van der Waals surface area contributed by atoms with Crippen LogP contribution in [0.4, 0.5) is 0 Å². The molecule has 3 aromatic rings. The lowest BCUT2D eigenvalue weighted by Gasteiger charge is -2.41. The van der Waals surface area contributed by atoms with Crippen LogP contribution in [-0.4, -0.2) is 80.6 Å². The van der Waals surface area contributed by atoms with Gasteiger partial charge < -0.3 is 20.8 Å². The molecule has 4 N–H and O–H groups in total. The zero-order valence-electron chi connectivity index (χ0n) is 26.3. The van der Waals surface area contributed by atoms with Crippen LogP contribution >= 0.6 is 0 Å². The van der Waals surface area contributed by atoms with Crippen molar-refractivity contribution in [3.8, 4) is 0 Å². The lowest BCUT2D eigenvalue weighted by Crippen LogP contribution is -2.61. The number of pyridine rings is 1. The molecule has 45 heavy (non-hydrogen) atoms. The number of β-amino-alcohol motifs (C(OH)–C–C–N with tert-alkyl or cyclic N) is 1. The highest BCUT2D eigenvalue weighted by Gasteiger charge is 2.38. The molecule has 1 aromatic heterocycles. The molecule has 2 aromatic carbocycles. The van der Waals surface area contributed by atoms with Gasteiger partial charge in [0.2, 0.25) is 11.8 Å². The minimum absolute atomic E-state index is 0.0520. The largest absolute Gasteiger partial charge is 0.392 e. The average molecular weight is 616 g/mol. The van der Waals surface area contributed by atoms with Crippen molar-refractivity contribution in [3.05, 3.63) is 101 Å². The molecule has 1 saturated heterocycles. The Morgan fingerprint density at radius 2 is 1.78 bits per heavy atom. The minimum Gasteiger partial charge on any atom is -0.392 e. The summed E-state index contributed by atoms with van der Waals surface area (Å²) < 4.78 is 0. The minimum atomic E-state index is -0.958. The second kappa shape index (κ2) is 14.6. The summed E-state index contributed by atoms with van der Waals surface area (Å²) in [6.07, 6.45) is 2.89. The number of hydroxylamine groups is 2. The van der Waals surface area contributed by atoms with Gasteiger partial charge in [0.25, 0.3) is 0 Å². The van der Waals surface area contributed by atoms with Gasteiger partial charge in [0, 0.05) is 43.4 Å². The molecule has 5 rings (SSSR count). The van der Waals surface area contributed by atoms with E-state index in [9.17, 15) is 19.8 Å². The topological polar surface area (TPSA) is 127 Å². The Hall–Kier alpha value is -3.67. The number of fused-ring (bicyclic) bond motifs is 1. The maximum absolute atomic E-state index is 13.8. The number of nitrogens with zero attached hydrogens (tertiary/aromatic N) is 3. The number of carbonyl (C=O) groups excluding carboxylic acids is 2. The first kappa shape index (κ1) is 32.7. The number of aromatic nitrogens is 1. The molecular weight excluding hydrogens is 570 g/mol.